The van der Waals surface area contributed by atoms with Crippen LogP contribution in [-0.2, 0) is 6.54 Å². The average molecular weight is 434 g/mol. The van der Waals surface area contributed by atoms with Gasteiger partial charge in [0.15, 0.2) is 5.76 Å². The van der Waals surface area contributed by atoms with Crippen LogP contribution in [-0.4, -0.2) is 54.9 Å². The fraction of sp³-hybridized carbons (Fsp3) is 0.280. The van der Waals surface area contributed by atoms with Gasteiger partial charge >= 0.3 is 0 Å². The molecule has 0 saturated carbocycles. The van der Waals surface area contributed by atoms with E-state index in [0.29, 0.717) is 17.8 Å². The minimum absolute atomic E-state index is 0.0141. The lowest BCUT2D eigenvalue weighted by atomic mass is 10.1. The van der Waals surface area contributed by atoms with Crippen molar-refractivity contribution >= 4 is 17.5 Å². The first-order chi connectivity index (χ1) is 15.6. The third kappa shape index (κ3) is 5.36. The molecular weight excluding hydrogens is 406 g/mol. The van der Waals surface area contributed by atoms with Crippen molar-refractivity contribution in [3.05, 3.63) is 83.8 Å². The fourth-order valence-corrected chi connectivity index (χ4v) is 3.80. The normalized spacial score (nSPS) is 14.6. The van der Waals surface area contributed by atoms with Gasteiger partial charge in [0.05, 0.1) is 13.4 Å². The molecule has 1 aliphatic heterocycles. The van der Waals surface area contributed by atoms with Crippen molar-refractivity contribution in [1.82, 2.24) is 9.80 Å². The monoisotopic (exact) mass is 433 g/mol. The number of hydrogen-bond donors (Lipinski definition) is 1. The van der Waals surface area contributed by atoms with Crippen LogP contribution in [0.2, 0.25) is 0 Å². The number of carbonyl (C=O) groups excluding carboxylic acids is 2. The van der Waals surface area contributed by atoms with Gasteiger partial charge in [-0.1, -0.05) is 12.1 Å². The van der Waals surface area contributed by atoms with Gasteiger partial charge in [-0.05, 0) is 60.5 Å². The topological polar surface area (TPSA) is 75.0 Å². The number of ether oxygens (including phenoxy) is 1. The maximum absolute atomic E-state index is 13.0. The van der Waals surface area contributed by atoms with E-state index in [4.69, 9.17) is 9.15 Å². The Labute approximate surface area is 187 Å². The smallest absolute Gasteiger partial charge is 0.291 e. The van der Waals surface area contributed by atoms with Gasteiger partial charge in [-0.15, -0.1) is 0 Å². The number of nitrogens with one attached hydrogen (secondary N) is 1. The highest BCUT2D eigenvalue weighted by Crippen LogP contribution is 2.17. The first kappa shape index (κ1) is 21.6. The van der Waals surface area contributed by atoms with Crippen molar-refractivity contribution in [2.24, 2.45) is 0 Å². The Morgan fingerprint density at radius 1 is 0.969 bits per heavy atom. The van der Waals surface area contributed by atoms with Crippen LogP contribution in [0.5, 0.6) is 5.75 Å². The number of anilines is 1. The SMILES string of the molecule is COc1ccc(CN2CCCN(C(=O)c3ccc(NC(=O)c4ccco4)cc3)CC2)cc1. The molecule has 7 heteroatoms. The van der Waals surface area contributed by atoms with Crippen molar-refractivity contribution in [3.63, 3.8) is 0 Å². The first-order valence-corrected chi connectivity index (χ1v) is 10.7. The number of carbonyl (C=O) groups is 2. The second-order valence-corrected chi connectivity index (χ2v) is 7.78. The highest BCUT2D eigenvalue weighted by molar-refractivity contribution is 6.02. The zero-order valence-electron chi connectivity index (χ0n) is 18.1. The summed E-state index contributed by atoms with van der Waals surface area (Å²) in [4.78, 5) is 29.4. The van der Waals surface area contributed by atoms with E-state index in [1.54, 1.807) is 43.5 Å². The van der Waals surface area contributed by atoms with Crippen LogP contribution in [0.15, 0.2) is 71.3 Å². The molecule has 1 aliphatic rings. The summed E-state index contributed by atoms with van der Waals surface area (Å²) < 4.78 is 10.3. The molecule has 7 nitrogen and oxygen atoms in total. The van der Waals surface area contributed by atoms with Crippen LogP contribution in [0.1, 0.15) is 32.9 Å². The third-order valence-corrected chi connectivity index (χ3v) is 5.58. The van der Waals surface area contributed by atoms with Crippen LogP contribution in [0, 0.1) is 0 Å². The second-order valence-electron chi connectivity index (χ2n) is 7.78. The maximum Gasteiger partial charge on any atom is 0.291 e. The van der Waals surface area contributed by atoms with Gasteiger partial charge in [0.25, 0.3) is 11.8 Å². The molecule has 2 aromatic carbocycles. The van der Waals surface area contributed by atoms with E-state index >= 15 is 0 Å². The van der Waals surface area contributed by atoms with E-state index in [0.717, 1.165) is 38.3 Å². The van der Waals surface area contributed by atoms with Crippen LogP contribution in [0.4, 0.5) is 5.69 Å². The minimum atomic E-state index is -0.321. The summed E-state index contributed by atoms with van der Waals surface area (Å²) in [5, 5.41) is 2.76. The minimum Gasteiger partial charge on any atom is -0.497 e. The molecule has 1 N–H and O–H groups in total. The molecule has 32 heavy (non-hydrogen) atoms. The van der Waals surface area contributed by atoms with Crippen LogP contribution in [0.25, 0.3) is 0 Å². The van der Waals surface area contributed by atoms with Gasteiger partial charge in [-0.3, -0.25) is 14.5 Å². The van der Waals surface area contributed by atoms with Gasteiger partial charge in [0, 0.05) is 44.0 Å². The van der Waals surface area contributed by atoms with Crippen molar-refractivity contribution < 1.29 is 18.7 Å². The largest absolute Gasteiger partial charge is 0.497 e. The van der Waals surface area contributed by atoms with Crippen molar-refractivity contribution in [2.75, 3.05) is 38.6 Å². The number of furan rings is 1. The molecule has 1 aromatic heterocycles. The zero-order chi connectivity index (χ0) is 22.3. The Morgan fingerprint density at radius 2 is 1.75 bits per heavy atom. The summed E-state index contributed by atoms with van der Waals surface area (Å²) >= 11 is 0. The van der Waals surface area contributed by atoms with E-state index < -0.39 is 0 Å². The van der Waals surface area contributed by atoms with Gasteiger partial charge in [-0.2, -0.15) is 0 Å². The van der Waals surface area contributed by atoms with Crippen LogP contribution >= 0.6 is 0 Å². The molecule has 0 radical (unpaired) electrons. The molecule has 0 spiro atoms. The number of benzene rings is 2. The molecule has 0 bridgehead atoms. The second kappa shape index (κ2) is 10.2. The molecule has 0 atom stereocenters. The summed E-state index contributed by atoms with van der Waals surface area (Å²) in [5.41, 5.74) is 2.46. The van der Waals surface area contributed by atoms with Gasteiger partial charge in [0.1, 0.15) is 5.75 Å². The summed E-state index contributed by atoms with van der Waals surface area (Å²) in [6, 6.07) is 18.4. The first-order valence-electron chi connectivity index (χ1n) is 10.7. The molecule has 3 aromatic rings. The Hall–Kier alpha value is -3.58. The number of rotatable bonds is 6. The van der Waals surface area contributed by atoms with E-state index in [1.807, 2.05) is 17.0 Å². The van der Waals surface area contributed by atoms with Gasteiger partial charge in [-0.25, -0.2) is 0 Å². The van der Waals surface area contributed by atoms with Crippen LogP contribution in [0.3, 0.4) is 0 Å². The number of amides is 2. The molecule has 1 saturated heterocycles. The molecule has 2 heterocycles. The average Bonchev–Trinajstić information content (AvgIpc) is 3.27. The van der Waals surface area contributed by atoms with Crippen molar-refractivity contribution in [1.29, 1.82) is 0 Å². The van der Waals surface area contributed by atoms with E-state index in [9.17, 15) is 9.59 Å². The van der Waals surface area contributed by atoms with Crippen molar-refractivity contribution in [2.45, 2.75) is 13.0 Å². The molecular formula is C25H27N3O4. The summed E-state index contributed by atoms with van der Waals surface area (Å²) in [6.45, 7) is 4.06. The predicted octanol–water partition coefficient (Wildman–Crippen LogP) is 3.89. The third-order valence-electron chi connectivity index (χ3n) is 5.58. The summed E-state index contributed by atoms with van der Waals surface area (Å²) in [6.07, 6.45) is 2.38. The molecule has 0 unspecified atom stereocenters. The Kier molecular flexibility index (Phi) is 6.87. The Balaban J connectivity index is 1.31. The van der Waals surface area contributed by atoms with E-state index in [-0.39, 0.29) is 17.6 Å². The molecule has 1 fully saturated rings. The quantitative estimate of drug-likeness (QED) is 0.638. The number of nitrogens with zero attached hydrogens (tertiary/aromatic N) is 2. The fourth-order valence-electron chi connectivity index (χ4n) is 3.80. The van der Waals surface area contributed by atoms with Gasteiger partial charge < -0.3 is 19.4 Å². The van der Waals surface area contributed by atoms with E-state index in [2.05, 4.69) is 22.3 Å². The lowest BCUT2D eigenvalue weighted by Crippen LogP contribution is -2.35. The standard InChI is InChI=1S/C25H27N3O4/c1-31-22-11-5-19(6-12-22)18-27-13-3-14-28(16-15-27)25(30)20-7-9-21(10-8-20)26-24(29)23-4-2-17-32-23/h2,4-12,17H,3,13-16,18H2,1H3,(H,26,29). The molecule has 0 aliphatic carbocycles. The Bertz CT molecular complexity index is 1030. The lowest BCUT2D eigenvalue weighted by Gasteiger charge is -2.22. The van der Waals surface area contributed by atoms with E-state index in [1.165, 1.54) is 11.8 Å². The lowest BCUT2D eigenvalue weighted by molar-refractivity contribution is 0.0761. The van der Waals surface area contributed by atoms with Crippen molar-refractivity contribution in [3.8, 4) is 5.75 Å². The maximum atomic E-state index is 13.0. The Morgan fingerprint density at radius 3 is 2.44 bits per heavy atom. The zero-order valence-corrected chi connectivity index (χ0v) is 18.1. The predicted molar refractivity (Wildman–Crippen MR) is 122 cm³/mol. The summed E-state index contributed by atoms with van der Waals surface area (Å²) in [5.74, 6) is 0.792. The number of hydrogen-bond acceptors (Lipinski definition) is 5. The highest BCUT2D eigenvalue weighted by atomic mass is 16.5. The highest BCUT2D eigenvalue weighted by Gasteiger charge is 2.20. The van der Waals surface area contributed by atoms with Crippen LogP contribution < -0.4 is 10.1 Å². The molecule has 2 amide bonds. The number of methoxy groups -OCH3 is 1. The molecule has 166 valence electrons. The molecule has 4 rings (SSSR count). The van der Waals surface area contributed by atoms with Gasteiger partial charge in [0.2, 0.25) is 0 Å². The summed E-state index contributed by atoms with van der Waals surface area (Å²) in [7, 11) is 1.67.